The third-order valence-electron chi connectivity index (χ3n) is 2.33. The lowest BCUT2D eigenvalue weighted by Crippen LogP contribution is -2.09. The smallest absolute Gasteiger partial charge is 0.336 e. The van der Waals surface area contributed by atoms with Gasteiger partial charge in [0, 0.05) is 0 Å². The van der Waals surface area contributed by atoms with Gasteiger partial charge in [0.15, 0.2) is 9.84 Å². The lowest BCUT2D eigenvalue weighted by molar-refractivity contribution is 0.0695. The molecule has 1 rings (SSSR count). The molecule has 0 aromatic heterocycles. The lowest BCUT2D eigenvalue weighted by atomic mass is 10.1. The Hall–Kier alpha value is -1.80. The molecule has 0 aliphatic heterocycles. The SMILES string of the molecule is C#CCS(=O)(=O)c1ccc(CC)c(C(=O)O)c1. The molecular formula is C12H12O4S. The van der Waals surface area contributed by atoms with Crippen LogP contribution in [0.4, 0.5) is 0 Å². The number of aromatic carboxylic acids is 1. The third kappa shape index (κ3) is 2.86. The summed E-state index contributed by atoms with van der Waals surface area (Å²) in [5, 5.41) is 8.98. The average molecular weight is 252 g/mol. The molecule has 0 amide bonds. The van der Waals surface area contributed by atoms with Crippen molar-refractivity contribution in [1.29, 1.82) is 0 Å². The van der Waals surface area contributed by atoms with Gasteiger partial charge in [0.25, 0.3) is 0 Å². The molecule has 17 heavy (non-hydrogen) atoms. The Morgan fingerprint density at radius 1 is 1.47 bits per heavy atom. The zero-order valence-corrected chi connectivity index (χ0v) is 10.1. The van der Waals surface area contributed by atoms with E-state index in [1.165, 1.54) is 12.1 Å². The van der Waals surface area contributed by atoms with Gasteiger partial charge in [-0.3, -0.25) is 0 Å². The van der Waals surface area contributed by atoms with E-state index in [1.54, 1.807) is 6.92 Å². The fourth-order valence-electron chi connectivity index (χ4n) is 1.45. The summed E-state index contributed by atoms with van der Waals surface area (Å²) in [6, 6.07) is 4.05. The normalized spacial score (nSPS) is 10.8. The van der Waals surface area contributed by atoms with Crippen molar-refractivity contribution in [2.75, 3.05) is 5.75 Å². The average Bonchev–Trinajstić information content (AvgIpc) is 2.28. The van der Waals surface area contributed by atoms with Gasteiger partial charge in [-0.2, -0.15) is 0 Å². The number of benzene rings is 1. The van der Waals surface area contributed by atoms with Crippen LogP contribution in [0.25, 0.3) is 0 Å². The summed E-state index contributed by atoms with van der Waals surface area (Å²) in [5.74, 6) is 0.476. The number of rotatable bonds is 4. The monoisotopic (exact) mass is 252 g/mol. The molecule has 0 spiro atoms. The molecular weight excluding hydrogens is 240 g/mol. The molecule has 0 radical (unpaired) electrons. The predicted molar refractivity (Wildman–Crippen MR) is 63.7 cm³/mol. The number of hydrogen-bond acceptors (Lipinski definition) is 3. The number of carbonyl (C=O) groups is 1. The van der Waals surface area contributed by atoms with Crippen molar-refractivity contribution >= 4 is 15.8 Å². The van der Waals surface area contributed by atoms with Crippen molar-refractivity contribution < 1.29 is 18.3 Å². The minimum Gasteiger partial charge on any atom is -0.478 e. The van der Waals surface area contributed by atoms with Crippen molar-refractivity contribution in [2.24, 2.45) is 0 Å². The van der Waals surface area contributed by atoms with Crippen molar-refractivity contribution in [1.82, 2.24) is 0 Å². The maximum absolute atomic E-state index is 11.7. The first kappa shape index (κ1) is 13.3. The summed E-state index contributed by atoms with van der Waals surface area (Å²) < 4.78 is 23.3. The van der Waals surface area contributed by atoms with Crippen LogP contribution >= 0.6 is 0 Å². The minimum atomic E-state index is -3.59. The second-order valence-corrected chi connectivity index (χ2v) is 5.43. The molecule has 1 aromatic rings. The quantitative estimate of drug-likeness (QED) is 0.821. The van der Waals surface area contributed by atoms with Crippen LogP contribution in [0.2, 0.25) is 0 Å². The predicted octanol–water partition coefficient (Wildman–Crippen LogP) is 1.35. The molecule has 0 heterocycles. The van der Waals surface area contributed by atoms with E-state index in [1.807, 2.05) is 5.92 Å². The summed E-state index contributed by atoms with van der Waals surface area (Å²) in [5.41, 5.74) is 0.600. The molecule has 0 unspecified atom stereocenters. The molecule has 0 atom stereocenters. The Bertz CT molecular complexity index is 579. The zero-order valence-electron chi connectivity index (χ0n) is 9.30. The van der Waals surface area contributed by atoms with E-state index in [-0.39, 0.29) is 10.5 Å². The zero-order chi connectivity index (χ0) is 13.1. The van der Waals surface area contributed by atoms with Gasteiger partial charge in [-0.25, -0.2) is 13.2 Å². The van der Waals surface area contributed by atoms with E-state index >= 15 is 0 Å². The molecule has 0 saturated heterocycles. The molecule has 0 fully saturated rings. The molecule has 0 saturated carbocycles. The Morgan fingerprint density at radius 2 is 2.12 bits per heavy atom. The number of carboxylic acids is 1. The van der Waals surface area contributed by atoms with Crippen LogP contribution < -0.4 is 0 Å². The maximum Gasteiger partial charge on any atom is 0.336 e. The maximum atomic E-state index is 11.7. The van der Waals surface area contributed by atoms with Crippen LogP contribution in [0.3, 0.4) is 0 Å². The first-order valence-corrected chi connectivity index (χ1v) is 6.60. The van der Waals surface area contributed by atoms with E-state index in [9.17, 15) is 13.2 Å². The highest BCUT2D eigenvalue weighted by molar-refractivity contribution is 7.91. The second-order valence-electron chi connectivity index (χ2n) is 3.44. The number of terminal acetylenes is 1. The van der Waals surface area contributed by atoms with Gasteiger partial charge < -0.3 is 5.11 Å². The highest BCUT2D eigenvalue weighted by Crippen LogP contribution is 2.18. The number of hydrogen-bond donors (Lipinski definition) is 1. The molecule has 90 valence electrons. The molecule has 0 bridgehead atoms. The Morgan fingerprint density at radius 3 is 2.59 bits per heavy atom. The van der Waals surface area contributed by atoms with Crippen molar-refractivity contribution in [3.05, 3.63) is 29.3 Å². The van der Waals surface area contributed by atoms with Crippen LogP contribution in [0.15, 0.2) is 23.1 Å². The van der Waals surface area contributed by atoms with Crippen LogP contribution in [-0.2, 0) is 16.3 Å². The van der Waals surface area contributed by atoms with E-state index in [0.717, 1.165) is 6.07 Å². The highest BCUT2D eigenvalue weighted by Gasteiger charge is 2.17. The molecule has 1 N–H and O–H groups in total. The topological polar surface area (TPSA) is 71.4 Å². The molecule has 5 heteroatoms. The molecule has 4 nitrogen and oxygen atoms in total. The molecule has 0 aliphatic carbocycles. The largest absolute Gasteiger partial charge is 0.478 e. The Balaban J connectivity index is 3.37. The fraction of sp³-hybridized carbons (Fsp3) is 0.250. The highest BCUT2D eigenvalue weighted by atomic mass is 32.2. The van der Waals surface area contributed by atoms with Gasteiger partial charge in [0.2, 0.25) is 0 Å². The lowest BCUT2D eigenvalue weighted by Gasteiger charge is -2.06. The number of carboxylic acid groups (broad SMARTS) is 1. The summed E-state index contributed by atoms with van der Waals surface area (Å²) in [6.07, 6.45) is 5.49. The Kier molecular flexibility index (Phi) is 3.92. The first-order valence-electron chi connectivity index (χ1n) is 4.94. The minimum absolute atomic E-state index is 0.00518. The van der Waals surface area contributed by atoms with Gasteiger partial charge in [0.05, 0.1) is 10.5 Å². The van der Waals surface area contributed by atoms with Gasteiger partial charge >= 0.3 is 5.97 Å². The standard InChI is InChI=1S/C12H12O4S/c1-3-7-17(15,16)10-6-5-9(4-2)11(8-10)12(13)14/h1,5-6,8H,4,7H2,2H3,(H,13,14). The van der Waals surface area contributed by atoms with Crippen molar-refractivity contribution in [2.45, 2.75) is 18.2 Å². The van der Waals surface area contributed by atoms with E-state index in [4.69, 9.17) is 11.5 Å². The van der Waals surface area contributed by atoms with Crippen LogP contribution in [0, 0.1) is 12.3 Å². The van der Waals surface area contributed by atoms with Crippen LogP contribution in [-0.4, -0.2) is 25.2 Å². The van der Waals surface area contributed by atoms with Crippen LogP contribution in [0.5, 0.6) is 0 Å². The summed E-state index contributed by atoms with van der Waals surface area (Å²) in [4.78, 5) is 10.9. The van der Waals surface area contributed by atoms with E-state index in [2.05, 4.69) is 0 Å². The summed E-state index contributed by atoms with van der Waals surface area (Å²) >= 11 is 0. The van der Waals surface area contributed by atoms with Crippen molar-refractivity contribution in [3.8, 4) is 12.3 Å². The summed E-state index contributed by atoms with van der Waals surface area (Å²) in [6.45, 7) is 1.80. The number of sulfone groups is 1. The Labute approximate surface area is 100 Å². The van der Waals surface area contributed by atoms with Crippen LogP contribution in [0.1, 0.15) is 22.8 Å². The van der Waals surface area contributed by atoms with E-state index in [0.29, 0.717) is 12.0 Å². The second kappa shape index (κ2) is 5.02. The fourth-order valence-corrected chi connectivity index (χ4v) is 2.41. The van der Waals surface area contributed by atoms with Gasteiger partial charge in [-0.1, -0.05) is 18.9 Å². The number of aryl methyl sites for hydroxylation is 1. The molecule has 0 aliphatic rings. The summed E-state index contributed by atoms with van der Waals surface area (Å²) in [7, 11) is -3.59. The van der Waals surface area contributed by atoms with Crippen molar-refractivity contribution in [3.63, 3.8) is 0 Å². The molecule has 1 aromatic carbocycles. The van der Waals surface area contributed by atoms with Gasteiger partial charge in [-0.15, -0.1) is 6.42 Å². The van der Waals surface area contributed by atoms with E-state index < -0.39 is 21.6 Å². The van der Waals surface area contributed by atoms with Gasteiger partial charge in [-0.05, 0) is 24.1 Å². The first-order chi connectivity index (χ1) is 7.92. The van der Waals surface area contributed by atoms with Gasteiger partial charge in [0.1, 0.15) is 5.75 Å². The third-order valence-corrected chi connectivity index (χ3v) is 3.84.